The zero-order valence-electron chi connectivity index (χ0n) is 8.84. The quantitative estimate of drug-likeness (QED) is 0.790. The van der Waals surface area contributed by atoms with Gasteiger partial charge < -0.3 is 5.73 Å². The molecule has 5 heteroatoms. The second kappa shape index (κ2) is 4.17. The monoisotopic (exact) mass is 236 g/mol. The number of amides is 2. The molecule has 2 N–H and O–H groups in total. The Balaban J connectivity index is 2.09. The van der Waals surface area contributed by atoms with E-state index in [1.54, 1.807) is 12.1 Å². The second-order valence-electron chi connectivity index (χ2n) is 3.72. The Morgan fingerprint density at radius 1 is 1.31 bits per heavy atom. The number of anilines is 1. The van der Waals surface area contributed by atoms with E-state index in [-0.39, 0.29) is 16.4 Å². The van der Waals surface area contributed by atoms with E-state index >= 15 is 0 Å². The van der Waals surface area contributed by atoms with E-state index < -0.39 is 0 Å². The van der Waals surface area contributed by atoms with Crippen molar-refractivity contribution in [2.24, 2.45) is 0 Å². The van der Waals surface area contributed by atoms with Gasteiger partial charge in [0, 0.05) is 12.7 Å². The molecule has 1 aromatic rings. The third-order valence-electron chi connectivity index (χ3n) is 2.52. The Morgan fingerprint density at radius 3 is 2.44 bits per heavy atom. The fourth-order valence-corrected chi connectivity index (χ4v) is 2.58. The van der Waals surface area contributed by atoms with Crippen molar-refractivity contribution in [1.29, 1.82) is 0 Å². The average Bonchev–Trinajstić information content (AvgIpc) is 2.50. The summed E-state index contributed by atoms with van der Waals surface area (Å²) in [7, 11) is 1.51. The van der Waals surface area contributed by atoms with Crippen molar-refractivity contribution >= 4 is 28.6 Å². The molecule has 16 heavy (non-hydrogen) atoms. The Morgan fingerprint density at radius 2 is 1.94 bits per heavy atom. The van der Waals surface area contributed by atoms with Gasteiger partial charge in [0.2, 0.25) is 5.91 Å². The maximum Gasteiger partial charge on any atom is 0.288 e. The molecular formula is C11H12N2O2S. The normalized spacial score (nSPS) is 20.6. The van der Waals surface area contributed by atoms with Gasteiger partial charge in [-0.2, -0.15) is 0 Å². The minimum atomic E-state index is -0.291. The summed E-state index contributed by atoms with van der Waals surface area (Å²) in [6.45, 7) is 0. The van der Waals surface area contributed by atoms with E-state index in [4.69, 9.17) is 5.73 Å². The lowest BCUT2D eigenvalue weighted by atomic mass is 10.1. The SMILES string of the molecule is CN1C(=O)S[C@H](Cc2ccc(N)cc2)C1=O. The van der Waals surface area contributed by atoms with E-state index in [0.717, 1.165) is 17.3 Å². The zero-order chi connectivity index (χ0) is 11.7. The zero-order valence-corrected chi connectivity index (χ0v) is 9.66. The van der Waals surface area contributed by atoms with Crippen LogP contribution >= 0.6 is 11.8 Å². The summed E-state index contributed by atoms with van der Waals surface area (Å²) in [5.41, 5.74) is 7.29. The van der Waals surface area contributed by atoms with E-state index in [0.29, 0.717) is 12.1 Å². The molecule has 1 aliphatic rings. The maximum atomic E-state index is 11.6. The highest BCUT2D eigenvalue weighted by Gasteiger charge is 2.36. The van der Waals surface area contributed by atoms with Crippen LogP contribution in [0.3, 0.4) is 0 Å². The van der Waals surface area contributed by atoms with E-state index in [1.807, 2.05) is 12.1 Å². The van der Waals surface area contributed by atoms with Crippen molar-refractivity contribution in [3.63, 3.8) is 0 Å². The molecular weight excluding hydrogens is 224 g/mol. The highest BCUT2D eigenvalue weighted by molar-refractivity contribution is 8.15. The molecule has 84 valence electrons. The molecule has 2 rings (SSSR count). The van der Waals surface area contributed by atoms with Crippen LogP contribution in [0.1, 0.15) is 5.56 Å². The van der Waals surface area contributed by atoms with Crippen molar-refractivity contribution in [3.8, 4) is 0 Å². The average molecular weight is 236 g/mol. The number of imide groups is 1. The molecule has 1 aliphatic heterocycles. The first-order valence-electron chi connectivity index (χ1n) is 4.90. The smallest absolute Gasteiger partial charge is 0.288 e. The minimum absolute atomic E-state index is 0.119. The van der Waals surface area contributed by atoms with Crippen LogP contribution in [0.15, 0.2) is 24.3 Å². The fourth-order valence-electron chi connectivity index (χ4n) is 1.55. The summed E-state index contributed by atoms with van der Waals surface area (Å²) in [5.74, 6) is -0.119. The van der Waals surface area contributed by atoms with Crippen molar-refractivity contribution in [2.75, 3.05) is 12.8 Å². The first-order valence-corrected chi connectivity index (χ1v) is 5.78. The van der Waals surface area contributed by atoms with Gasteiger partial charge in [0.25, 0.3) is 5.24 Å². The molecule has 1 heterocycles. The van der Waals surface area contributed by atoms with E-state index in [1.165, 1.54) is 11.9 Å². The predicted molar refractivity (Wildman–Crippen MR) is 64.1 cm³/mol. The molecule has 1 atom stereocenters. The van der Waals surface area contributed by atoms with Crippen LogP contribution < -0.4 is 5.73 Å². The summed E-state index contributed by atoms with van der Waals surface area (Å²) in [5, 5.41) is -0.466. The van der Waals surface area contributed by atoms with E-state index in [9.17, 15) is 9.59 Å². The number of nitrogens with two attached hydrogens (primary N) is 1. The van der Waals surface area contributed by atoms with Crippen LogP contribution in [0, 0.1) is 0 Å². The molecule has 0 saturated carbocycles. The van der Waals surface area contributed by atoms with Gasteiger partial charge in [0.15, 0.2) is 0 Å². The van der Waals surface area contributed by atoms with Crippen molar-refractivity contribution in [3.05, 3.63) is 29.8 Å². The summed E-state index contributed by atoms with van der Waals surface area (Å²) in [4.78, 5) is 24.1. The number of thioether (sulfide) groups is 1. The van der Waals surface area contributed by atoms with Gasteiger partial charge in [-0.15, -0.1) is 0 Å². The number of hydrogen-bond acceptors (Lipinski definition) is 4. The molecule has 1 saturated heterocycles. The van der Waals surface area contributed by atoms with Crippen LogP contribution in [0.25, 0.3) is 0 Å². The molecule has 0 bridgehead atoms. The molecule has 0 aromatic heterocycles. The lowest BCUT2D eigenvalue weighted by Gasteiger charge is -2.07. The predicted octanol–water partition coefficient (Wildman–Crippen LogP) is 1.51. The van der Waals surface area contributed by atoms with Gasteiger partial charge in [-0.05, 0) is 24.1 Å². The summed E-state index contributed by atoms with van der Waals surface area (Å²) < 4.78 is 0. The van der Waals surface area contributed by atoms with E-state index in [2.05, 4.69) is 0 Å². The van der Waals surface area contributed by atoms with Gasteiger partial charge in [0.1, 0.15) is 0 Å². The number of benzene rings is 1. The maximum absolute atomic E-state index is 11.6. The highest BCUT2D eigenvalue weighted by Crippen LogP contribution is 2.28. The number of rotatable bonds is 2. The lowest BCUT2D eigenvalue weighted by Crippen LogP contribution is -2.28. The first-order chi connectivity index (χ1) is 7.58. The van der Waals surface area contributed by atoms with Gasteiger partial charge in [-0.1, -0.05) is 23.9 Å². The Hall–Kier alpha value is -1.49. The van der Waals surface area contributed by atoms with Crippen LogP contribution in [-0.2, 0) is 11.2 Å². The molecule has 1 aromatic carbocycles. The van der Waals surface area contributed by atoms with Gasteiger partial charge in [0.05, 0.1) is 5.25 Å². The fraction of sp³-hybridized carbons (Fsp3) is 0.273. The topological polar surface area (TPSA) is 63.4 Å². The standard InChI is InChI=1S/C11H12N2O2S/c1-13-10(14)9(16-11(13)15)6-7-2-4-8(12)5-3-7/h2-5,9H,6,12H2,1H3/t9-/m1/s1. The third kappa shape index (κ3) is 2.04. The second-order valence-corrected chi connectivity index (χ2v) is 4.87. The summed E-state index contributed by atoms with van der Waals surface area (Å²) in [6.07, 6.45) is 0.569. The Kier molecular flexibility index (Phi) is 2.87. The molecule has 0 aliphatic carbocycles. The first kappa shape index (κ1) is 11.0. The molecule has 0 spiro atoms. The summed E-state index contributed by atoms with van der Waals surface area (Å²) in [6, 6.07) is 7.36. The number of nitrogens with zero attached hydrogens (tertiary/aromatic N) is 1. The number of carbonyl (C=O) groups excluding carboxylic acids is 2. The number of hydrogen-bond donors (Lipinski definition) is 1. The summed E-state index contributed by atoms with van der Waals surface area (Å²) >= 11 is 1.09. The molecule has 0 unspecified atom stereocenters. The highest BCUT2D eigenvalue weighted by atomic mass is 32.2. The van der Waals surface area contributed by atoms with Crippen LogP contribution in [0.2, 0.25) is 0 Å². The van der Waals surface area contributed by atoms with Crippen LogP contribution in [-0.4, -0.2) is 28.3 Å². The minimum Gasteiger partial charge on any atom is -0.399 e. The van der Waals surface area contributed by atoms with Gasteiger partial charge in [-0.3, -0.25) is 14.5 Å². The van der Waals surface area contributed by atoms with Crippen molar-refractivity contribution < 1.29 is 9.59 Å². The number of carbonyl (C=O) groups is 2. The number of nitrogen functional groups attached to an aromatic ring is 1. The lowest BCUT2D eigenvalue weighted by molar-refractivity contribution is -0.125. The van der Waals surface area contributed by atoms with Crippen molar-refractivity contribution in [2.45, 2.75) is 11.7 Å². The molecule has 4 nitrogen and oxygen atoms in total. The molecule has 1 fully saturated rings. The molecule has 2 amide bonds. The Labute approximate surface area is 97.8 Å². The third-order valence-corrected chi connectivity index (χ3v) is 3.65. The largest absolute Gasteiger partial charge is 0.399 e. The Bertz CT molecular complexity index is 430. The van der Waals surface area contributed by atoms with Gasteiger partial charge >= 0.3 is 0 Å². The van der Waals surface area contributed by atoms with Gasteiger partial charge in [-0.25, -0.2) is 0 Å². The van der Waals surface area contributed by atoms with Crippen molar-refractivity contribution in [1.82, 2.24) is 4.90 Å². The van der Waals surface area contributed by atoms with Crippen LogP contribution in [0.4, 0.5) is 10.5 Å². The van der Waals surface area contributed by atoms with Crippen LogP contribution in [0.5, 0.6) is 0 Å². The molecule has 0 radical (unpaired) electrons.